The summed E-state index contributed by atoms with van der Waals surface area (Å²) >= 11 is 0. The van der Waals surface area contributed by atoms with Gasteiger partial charge in [0, 0.05) is 38.2 Å². The van der Waals surface area contributed by atoms with E-state index in [1.165, 1.54) is 50.8 Å². The first kappa shape index (κ1) is 29.5. The summed E-state index contributed by atoms with van der Waals surface area (Å²) in [6.07, 6.45) is 4.57. The number of rotatable bonds is 12. The molecule has 0 atom stereocenters. The molecule has 0 aliphatic heterocycles. The van der Waals surface area contributed by atoms with Crippen LogP contribution in [0.1, 0.15) is 48.5 Å². The molecule has 6 aromatic heterocycles. The van der Waals surface area contributed by atoms with Crippen LogP contribution in [0.5, 0.6) is 0 Å². The van der Waals surface area contributed by atoms with Crippen molar-refractivity contribution >= 4 is 17.9 Å². The molecular formula is C30H24N10O6. The van der Waals surface area contributed by atoms with Crippen LogP contribution in [0.2, 0.25) is 0 Å². The Morgan fingerprint density at radius 2 is 0.804 bits per heavy atom. The van der Waals surface area contributed by atoms with Gasteiger partial charge in [-0.1, -0.05) is 18.2 Å². The Hall–Kier alpha value is -6.55. The van der Waals surface area contributed by atoms with Gasteiger partial charge in [-0.05, 0) is 54.6 Å². The maximum Gasteiger partial charge on any atom is 0.356 e. The zero-order chi connectivity index (χ0) is 32.2. The molecule has 0 aliphatic carbocycles. The Morgan fingerprint density at radius 3 is 1.07 bits per heavy atom. The summed E-state index contributed by atoms with van der Waals surface area (Å²) in [5, 5.41) is 40.0. The molecule has 0 unspecified atom stereocenters. The maximum absolute atomic E-state index is 11.3. The third kappa shape index (κ3) is 6.66. The van der Waals surface area contributed by atoms with Gasteiger partial charge in [-0.3, -0.25) is 4.90 Å². The molecule has 0 saturated carbocycles. The number of aromatic nitrogens is 9. The number of hydrogen-bond donors (Lipinski definition) is 3. The van der Waals surface area contributed by atoms with Crippen LogP contribution >= 0.6 is 0 Å². The maximum atomic E-state index is 11.3. The van der Waals surface area contributed by atoms with Crippen molar-refractivity contribution in [2.45, 2.75) is 19.6 Å². The van der Waals surface area contributed by atoms with Crippen LogP contribution in [-0.2, 0) is 19.6 Å². The second-order valence-corrected chi connectivity index (χ2v) is 9.96. The minimum atomic E-state index is -1.14. The first-order chi connectivity index (χ1) is 22.2. The summed E-state index contributed by atoms with van der Waals surface area (Å²) in [5.74, 6) is -2.12. The second kappa shape index (κ2) is 12.6. The molecule has 16 heteroatoms. The molecule has 0 bridgehead atoms. The Labute approximate surface area is 259 Å². The number of carboxylic acids is 3. The highest BCUT2D eigenvalue weighted by molar-refractivity contribution is 5.86. The van der Waals surface area contributed by atoms with Gasteiger partial charge in [0.25, 0.3) is 0 Å². The number of carboxylic acid groups (broad SMARTS) is 3. The van der Waals surface area contributed by atoms with Gasteiger partial charge < -0.3 is 15.3 Å². The van der Waals surface area contributed by atoms with Gasteiger partial charge in [0.15, 0.2) is 34.5 Å². The van der Waals surface area contributed by atoms with Crippen LogP contribution in [-0.4, -0.2) is 82.4 Å². The minimum absolute atomic E-state index is 0.106. The monoisotopic (exact) mass is 620 g/mol. The van der Waals surface area contributed by atoms with Crippen molar-refractivity contribution in [3.05, 3.63) is 126 Å². The number of pyridine rings is 3. The van der Waals surface area contributed by atoms with E-state index in [9.17, 15) is 29.7 Å². The van der Waals surface area contributed by atoms with E-state index in [1.807, 2.05) is 23.1 Å². The molecule has 0 aliphatic rings. The Morgan fingerprint density at radius 1 is 0.500 bits per heavy atom. The number of carbonyl (C=O) groups is 3. The quantitative estimate of drug-likeness (QED) is 0.180. The normalized spacial score (nSPS) is 11.2. The highest BCUT2D eigenvalue weighted by Crippen LogP contribution is 2.16. The van der Waals surface area contributed by atoms with E-state index >= 15 is 0 Å². The lowest BCUT2D eigenvalue weighted by atomic mass is 10.2. The summed E-state index contributed by atoms with van der Waals surface area (Å²) < 4.78 is 4.16. The third-order valence-electron chi connectivity index (χ3n) is 6.66. The third-order valence-corrected chi connectivity index (χ3v) is 6.66. The van der Waals surface area contributed by atoms with Crippen molar-refractivity contribution in [2.75, 3.05) is 0 Å². The van der Waals surface area contributed by atoms with E-state index < -0.39 is 17.9 Å². The second-order valence-electron chi connectivity index (χ2n) is 9.96. The lowest BCUT2D eigenvalue weighted by Gasteiger charge is -2.22. The molecule has 6 rings (SSSR count). The van der Waals surface area contributed by atoms with Gasteiger partial charge in [0.2, 0.25) is 0 Å². The predicted molar refractivity (Wildman–Crippen MR) is 158 cm³/mol. The average Bonchev–Trinajstić information content (AvgIpc) is 3.83. The first-order valence-corrected chi connectivity index (χ1v) is 13.7. The lowest BCUT2D eigenvalue weighted by Crippen LogP contribution is -2.24. The molecule has 0 fully saturated rings. The fourth-order valence-corrected chi connectivity index (χ4v) is 4.60. The molecule has 3 N–H and O–H groups in total. The highest BCUT2D eigenvalue weighted by atomic mass is 16.4. The van der Waals surface area contributed by atoms with E-state index in [2.05, 4.69) is 15.3 Å². The van der Waals surface area contributed by atoms with Crippen molar-refractivity contribution in [3.63, 3.8) is 0 Å². The molecule has 0 spiro atoms. The van der Waals surface area contributed by atoms with Crippen molar-refractivity contribution in [2.24, 2.45) is 0 Å². The van der Waals surface area contributed by atoms with E-state index in [-0.39, 0.29) is 17.1 Å². The fourth-order valence-electron chi connectivity index (χ4n) is 4.60. The van der Waals surface area contributed by atoms with E-state index in [0.29, 0.717) is 54.2 Å². The van der Waals surface area contributed by atoms with Crippen molar-refractivity contribution in [3.8, 4) is 17.5 Å². The van der Waals surface area contributed by atoms with Crippen LogP contribution in [0.4, 0.5) is 0 Å². The van der Waals surface area contributed by atoms with Gasteiger partial charge in [0.1, 0.15) is 0 Å². The summed E-state index contributed by atoms with van der Waals surface area (Å²) in [7, 11) is 0. The summed E-state index contributed by atoms with van der Waals surface area (Å²) in [6, 6.07) is 20.2. The minimum Gasteiger partial charge on any atom is -0.476 e. The fraction of sp³-hybridized carbons (Fsp3) is 0.100. The Bertz CT molecular complexity index is 1830. The topological polar surface area (TPSA) is 207 Å². The van der Waals surface area contributed by atoms with Gasteiger partial charge in [0.05, 0.1) is 17.1 Å². The SMILES string of the molecule is O=C(O)c1ccn(-c2cccc(CN(Cc3cccc(-n4ccc(C(=O)O)n4)n3)Cc3cccc(-n4ccc(C(=O)O)n4)n3)n2)n1. The van der Waals surface area contributed by atoms with Crippen LogP contribution in [0.3, 0.4) is 0 Å². The molecule has 0 amide bonds. The van der Waals surface area contributed by atoms with Crippen LogP contribution in [0.25, 0.3) is 17.5 Å². The van der Waals surface area contributed by atoms with E-state index in [0.717, 1.165) is 0 Å². The molecule has 230 valence electrons. The molecular weight excluding hydrogens is 596 g/mol. The zero-order valence-electron chi connectivity index (χ0n) is 23.8. The number of nitrogens with zero attached hydrogens (tertiary/aromatic N) is 10. The number of aromatic carboxylic acids is 3. The standard InChI is InChI=1S/C30H24N10O6/c41-28(42)22-10-13-38(34-22)25-7-1-4-19(31-25)16-37(17-20-5-2-8-26(32-20)39-14-11-23(35-39)29(43)44)18-21-6-3-9-27(33-21)40-15-12-24(36-40)30(45)46/h1-15H,16-18H2,(H,41,42)(H,43,44)(H,45,46). The van der Waals surface area contributed by atoms with Crippen LogP contribution < -0.4 is 0 Å². The van der Waals surface area contributed by atoms with E-state index in [4.69, 9.17) is 15.0 Å². The smallest absolute Gasteiger partial charge is 0.356 e. The lowest BCUT2D eigenvalue weighted by molar-refractivity contribution is 0.0679. The Balaban J connectivity index is 1.29. The van der Waals surface area contributed by atoms with Gasteiger partial charge >= 0.3 is 17.9 Å². The molecule has 0 saturated heterocycles. The first-order valence-electron chi connectivity index (χ1n) is 13.7. The molecule has 6 aromatic rings. The van der Waals surface area contributed by atoms with Crippen molar-refractivity contribution in [1.82, 2.24) is 49.2 Å². The van der Waals surface area contributed by atoms with Crippen molar-refractivity contribution in [1.29, 1.82) is 0 Å². The molecule has 0 radical (unpaired) electrons. The predicted octanol–water partition coefficient (Wildman–Crippen LogP) is 2.73. The highest BCUT2D eigenvalue weighted by Gasteiger charge is 2.16. The summed E-state index contributed by atoms with van der Waals surface area (Å²) in [5.41, 5.74) is 1.67. The molecule has 46 heavy (non-hydrogen) atoms. The van der Waals surface area contributed by atoms with Gasteiger partial charge in [-0.25, -0.2) is 43.4 Å². The average molecular weight is 621 g/mol. The summed E-state index contributed by atoms with van der Waals surface area (Å²) in [4.78, 5) is 50.1. The van der Waals surface area contributed by atoms with Crippen LogP contribution in [0, 0.1) is 0 Å². The van der Waals surface area contributed by atoms with E-state index in [1.54, 1.807) is 36.4 Å². The zero-order valence-corrected chi connectivity index (χ0v) is 23.8. The number of hydrogen-bond acceptors (Lipinski definition) is 10. The molecule has 6 heterocycles. The van der Waals surface area contributed by atoms with Crippen LogP contribution in [0.15, 0.2) is 91.4 Å². The van der Waals surface area contributed by atoms with Crippen molar-refractivity contribution < 1.29 is 29.7 Å². The largest absolute Gasteiger partial charge is 0.476 e. The Kier molecular flexibility index (Phi) is 8.08. The van der Waals surface area contributed by atoms with Gasteiger partial charge in [-0.2, -0.15) is 15.3 Å². The van der Waals surface area contributed by atoms with Gasteiger partial charge in [-0.15, -0.1) is 0 Å². The molecule has 16 nitrogen and oxygen atoms in total. The summed E-state index contributed by atoms with van der Waals surface area (Å²) in [6.45, 7) is 0.984. The molecule has 0 aromatic carbocycles.